The minimum absolute atomic E-state index is 0.738. The lowest BCUT2D eigenvalue weighted by Gasteiger charge is -2.33. The predicted molar refractivity (Wildman–Crippen MR) is 89.3 cm³/mol. The largest absolute Gasteiger partial charge is 0.356 e. The van der Waals surface area contributed by atoms with Crippen molar-refractivity contribution in [3.63, 3.8) is 0 Å². The fourth-order valence-electron chi connectivity index (χ4n) is 2.67. The molecule has 0 saturated carbocycles. The molecule has 2 rings (SSSR count). The van der Waals surface area contributed by atoms with E-state index >= 15 is 0 Å². The summed E-state index contributed by atoms with van der Waals surface area (Å²) in [5, 5.41) is 3.59. The van der Waals surface area contributed by atoms with E-state index in [0.29, 0.717) is 0 Å². The predicted octanol–water partition coefficient (Wildman–Crippen LogP) is 3.61. The Hall–Kier alpha value is -0.610. The Bertz CT molecular complexity index is 426. The van der Waals surface area contributed by atoms with Gasteiger partial charge in [0, 0.05) is 19.3 Å². The first-order valence-corrected chi connectivity index (χ1v) is 8.44. The van der Waals surface area contributed by atoms with Crippen LogP contribution in [0.1, 0.15) is 32.3 Å². The van der Waals surface area contributed by atoms with E-state index in [2.05, 4.69) is 58.0 Å². The molecule has 112 valence electrons. The van der Waals surface area contributed by atoms with Crippen molar-refractivity contribution in [1.29, 1.82) is 0 Å². The molecule has 4 heteroatoms. The quantitative estimate of drug-likeness (QED) is 0.887. The van der Waals surface area contributed by atoms with Gasteiger partial charge in [0.2, 0.25) is 0 Å². The molecular weight excluding hydrogens is 314 g/mol. The maximum atomic E-state index is 4.54. The Morgan fingerprint density at radius 1 is 1.40 bits per heavy atom. The molecule has 0 aliphatic carbocycles. The first kappa shape index (κ1) is 15.8. The molecule has 0 atom stereocenters. The van der Waals surface area contributed by atoms with Crippen LogP contribution in [0.4, 0.5) is 5.82 Å². The van der Waals surface area contributed by atoms with Crippen molar-refractivity contribution in [2.75, 3.05) is 31.1 Å². The van der Waals surface area contributed by atoms with E-state index in [1.807, 2.05) is 6.20 Å². The highest BCUT2D eigenvalue weighted by Crippen LogP contribution is 2.29. The van der Waals surface area contributed by atoms with E-state index in [1.165, 1.54) is 18.4 Å². The summed E-state index contributed by atoms with van der Waals surface area (Å²) in [5.74, 6) is 2.66. The van der Waals surface area contributed by atoms with Gasteiger partial charge in [0.15, 0.2) is 0 Å². The van der Waals surface area contributed by atoms with Crippen LogP contribution < -0.4 is 10.2 Å². The number of halogens is 1. The Kier molecular flexibility index (Phi) is 5.85. The van der Waals surface area contributed by atoms with Gasteiger partial charge in [0.05, 0.1) is 4.47 Å². The summed E-state index contributed by atoms with van der Waals surface area (Å²) in [7, 11) is 0. The molecule has 0 radical (unpaired) electrons. The van der Waals surface area contributed by atoms with Crippen LogP contribution in [0.25, 0.3) is 0 Å². The average molecular weight is 340 g/mol. The summed E-state index contributed by atoms with van der Waals surface area (Å²) in [4.78, 5) is 6.95. The van der Waals surface area contributed by atoms with Crippen LogP contribution in [0.2, 0.25) is 0 Å². The molecule has 0 spiro atoms. The molecule has 2 heterocycles. The summed E-state index contributed by atoms with van der Waals surface area (Å²) in [6.07, 6.45) is 4.42. The van der Waals surface area contributed by atoms with Crippen molar-refractivity contribution < 1.29 is 0 Å². The molecule has 0 unspecified atom stereocenters. The first-order valence-electron chi connectivity index (χ1n) is 7.64. The highest BCUT2D eigenvalue weighted by atomic mass is 79.9. The van der Waals surface area contributed by atoms with Gasteiger partial charge in [-0.1, -0.05) is 13.8 Å². The third kappa shape index (κ3) is 4.19. The van der Waals surface area contributed by atoms with Gasteiger partial charge in [-0.05, 0) is 72.3 Å². The molecular formula is C16H26BrN3. The zero-order chi connectivity index (χ0) is 14.5. The summed E-state index contributed by atoms with van der Waals surface area (Å²) < 4.78 is 1.15. The number of anilines is 1. The molecule has 1 fully saturated rings. The SMILES string of the molecule is Cc1ccnc(N2CCC(CNCC(C)C)CC2)c1Br. The zero-order valence-electron chi connectivity index (χ0n) is 12.8. The van der Waals surface area contributed by atoms with E-state index < -0.39 is 0 Å². The molecule has 1 aromatic heterocycles. The van der Waals surface area contributed by atoms with Gasteiger partial charge < -0.3 is 10.2 Å². The average Bonchev–Trinajstić information content (AvgIpc) is 2.42. The highest BCUT2D eigenvalue weighted by molar-refractivity contribution is 9.10. The van der Waals surface area contributed by atoms with Gasteiger partial charge >= 0.3 is 0 Å². The molecule has 1 N–H and O–H groups in total. The molecule has 1 aromatic rings. The Balaban J connectivity index is 1.83. The van der Waals surface area contributed by atoms with Gasteiger partial charge in [-0.2, -0.15) is 0 Å². The van der Waals surface area contributed by atoms with Crippen molar-refractivity contribution in [3.05, 3.63) is 22.3 Å². The number of nitrogens with one attached hydrogen (secondary N) is 1. The zero-order valence-corrected chi connectivity index (χ0v) is 14.4. The number of aromatic nitrogens is 1. The summed E-state index contributed by atoms with van der Waals surface area (Å²) in [6.45, 7) is 11.2. The monoisotopic (exact) mass is 339 g/mol. The van der Waals surface area contributed by atoms with E-state index in [4.69, 9.17) is 0 Å². The van der Waals surface area contributed by atoms with Crippen molar-refractivity contribution in [1.82, 2.24) is 10.3 Å². The Morgan fingerprint density at radius 3 is 2.75 bits per heavy atom. The van der Waals surface area contributed by atoms with Crippen LogP contribution in [0.5, 0.6) is 0 Å². The van der Waals surface area contributed by atoms with Crippen LogP contribution in [-0.2, 0) is 0 Å². The standard InChI is InChI=1S/C16H26BrN3/c1-12(2)10-18-11-14-5-8-20(9-6-14)16-15(17)13(3)4-7-19-16/h4,7,12,14,18H,5-6,8-11H2,1-3H3. The van der Waals surface area contributed by atoms with Crippen molar-refractivity contribution in [2.24, 2.45) is 11.8 Å². The minimum Gasteiger partial charge on any atom is -0.356 e. The topological polar surface area (TPSA) is 28.2 Å². The molecule has 0 bridgehead atoms. The third-order valence-corrected chi connectivity index (χ3v) is 4.94. The number of hydrogen-bond acceptors (Lipinski definition) is 3. The van der Waals surface area contributed by atoms with Crippen molar-refractivity contribution >= 4 is 21.7 Å². The third-order valence-electron chi connectivity index (χ3n) is 3.96. The maximum Gasteiger partial charge on any atom is 0.143 e. The van der Waals surface area contributed by atoms with Gasteiger partial charge in [0.25, 0.3) is 0 Å². The van der Waals surface area contributed by atoms with Crippen LogP contribution in [0.15, 0.2) is 16.7 Å². The summed E-state index contributed by atoms with van der Waals surface area (Å²) in [5.41, 5.74) is 1.26. The lowest BCUT2D eigenvalue weighted by molar-refractivity contribution is 0.373. The molecule has 1 aliphatic rings. The van der Waals surface area contributed by atoms with E-state index in [-0.39, 0.29) is 0 Å². The van der Waals surface area contributed by atoms with Gasteiger partial charge in [-0.25, -0.2) is 4.98 Å². The first-order chi connectivity index (χ1) is 9.58. The van der Waals surface area contributed by atoms with Gasteiger partial charge in [0.1, 0.15) is 5.82 Å². The number of rotatable bonds is 5. The molecule has 20 heavy (non-hydrogen) atoms. The second-order valence-corrected chi connectivity index (χ2v) is 7.04. The van der Waals surface area contributed by atoms with Crippen molar-refractivity contribution in [3.8, 4) is 0 Å². The van der Waals surface area contributed by atoms with E-state index in [9.17, 15) is 0 Å². The van der Waals surface area contributed by atoms with E-state index in [1.54, 1.807) is 0 Å². The molecule has 1 aliphatic heterocycles. The van der Waals surface area contributed by atoms with Gasteiger partial charge in [-0.3, -0.25) is 0 Å². The normalized spacial score (nSPS) is 16.9. The van der Waals surface area contributed by atoms with Crippen LogP contribution >= 0.6 is 15.9 Å². The fraction of sp³-hybridized carbons (Fsp3) is 0.688. The smallest absolute Gasteiger partial charge is 0.143 e. The number of piperidine rings is 1. The lowest BCUT2D eigenvalue weighted by Crippen LogP contribution is -2.38. The van der Waals surface area contributed by atoms with Crippen LogP contribution in [0, 0.1) is 18.8 Å². The molecule has 0 amide bonds. The van der Waals surface area contributed by atoms with Crippen LogP contribution in [0.3, 0.4) is 0 Å². The summed E-state index contributed by atoms with van der Waals surface area (Å²) in [6, 6.07) is 2.05. The van der Waals surface area contributed by atoms with E-state index in [0.717, 1.165) is 48.3 Å². The number of pyridine rings is 1. The second-order valence-electron chi connectivity index (χ2n) is 6.25. The number of nitrogens with zero attached hydrogens (tertiary/aromatic N) is 2. The summed E-state index contributed by atoms with van der Waals surface area (Å²) >= 11 is 3.67. The Labute approximate surface area is 131 Å². The Morgan fingerprint density at radius 2 is 2.10 bits per heavy atom. The number of hydrogen-bond donors (Lipinski definition) is 1. The van der Waals surface area contributed by atoms with Crippen LogP contribution in [-0.4, -0.2) is 31.2 Å². The molecule has 1 saturated heterocycles. The minimum atomic E-state index is 0.738. The maximum absolute atomic E-state index is 4.54. The molecule has 0 aromatic carbocycles. The number of aryl methyl sites for hydroxylation is 1. The fourth-order valence-corrected chi connectivity index (χ4v) is 3.16. The molecule has 3 nitrogen and oxygen atoms in total. The highest BCUT2D eigenvalue weighted by Gasteiger charge is 2.21. The second kappa shape index (κ2) is 7.41. The van der Waals surface area contributed by atoms with Gasteiger partial charge in [-0.15, -0.1) is 0 Å². The van der Waals surface area contributed by atoms with Crippen molar-refractivity contribution in [2.45, 2.75) is 33.6 Å². The lowest BCUT2D eigenvalue weighted by atomic mass is 9.96.